The van der Waals surface area contributed by atoms with Crippen LogP contribution in [0.15, 0.2) is 30.3 Å². The molecule has 6 heteroatoms. The molecule has 1 aromatic carbocycles. The van der Waals surface area contributed by atoms with Crippen molar-refractivity contribution in [1.82, 2.24) is 10.2 Å². The van der Waals surface area contributed by atoms with Crippen molar-refractivity contribution in [3.8, 4) is 0 Å². The van der Waals surface area contributed by atoms with Gasteiger partial charge in [0.2, 0.25) is 5.91 Å². The molecule has 0 fully saturated rings. The average Bonchev–Trinajstić information content (AvgIpc) is 2.28. The topological polar surface area (TPSA) is 58.4 Å². The van der Waals surface area contributed by atoms with Crippen LogP contribution in [0, 0.1) is 0 Å². The molecule has 0 aliphatic rings. The van der Waals surface area contributed by atoms with Crippen LogP contribution in [0.5, 0.6) is 0 Å². The van der Waals surface area contributed by atoms with E-state index in [1.54, 1.807) is 6.92 Å². The lowest BCUT2D eigenvalue weighted by Gasteiger charge is -2.23. The van der Waals surface area contributed by atoms with Crippen LogP contribution in [0.3, 0.4) is 0 Å². The van der Waals surface area contributed by atoms with E-state index in [0.717, 1.165) is 12.1 Å². The van der Waals surface area contributed by atoms with Crippen molar-refractivity contribution in [2.24, 2.45) is 5.73 Å². The minimum Gasteiger partial charge on any atom is -0.347 e. The summed E-state index contributed by atoms with van der Waals surface area (Å²) in [5, 5.41) is 2.96. The first kappa shape index (κ1) is 20.5. The van der Waals surface area contributed by atoms with E-state index in [2.05, 4.69) is 5.32 Å². The van der Waals surface area contributed by atoms with Gasteiger partial charge in [-0.1, -0.05) is 30.3 Å². The Morgan fingerprint density at radius 2 is 1.79 bits per heavy atom. The zero-order valence-electron chi connectivity index (χ0n) is 11.5. The van der Waals surface area contributed by atoms with Crippen molar-refractivity contribution in [2.45, 2.75) is 19.0 Å². The van der Waals surface area contributed by atoms with Crippen molar-refractivity contribution < 1.29 is 4.79 Å². The molecule has 3 N–H and O–H groups in total. The molecule has 0 spiro atoms. The fourth-order valence-corrected chi connectivity index (χ4v) is 1.59. The second-order valence-corrected chi connectivity index (χ2v) is 4.52. The smallest absolute Gasteiger partial charge is 0.237 e. The molecule has 2 atom stereocenters. The summed E-state index contributed by atoms with van der Waals surface area (Å²) in [6.07, 6.45) is 0. The van der Waals surface area contributed by atoms with Gasteiger partial charge in [-0.05, 0) is 26.6 Å². The predicted molar refractivity (Wildman–Crippen MR) is 84.0 cm³/mol. The van der Waals surface area contributed by atoms with Crippen molar-refractivity contribution in [2.75, 3.05) is 20.6 Å². The Morgan fingerprint density at radius 1 is 1.26 bits per heavy atom. The highest BCUT2D eigenvalue weighted by atomic mass is 35.5. The summed E-state index contributed by atoms with van der Waals surface area (Å²) >= 11 is 0. The van der Waals surface area contributed by atoms with Crippen LogP contribution >= 0.6 is 24.8 Å². The van der Waals surface area contributed by atoms with Crippen LogP contribution in [-0.4, -0.2) is 37.5 Å². The molecular weight excluding hydrogens is 285 g/mol. The monoisotopic (exact) mass is 307 g/mol. The van der Waals surface area contributed by atoms with E-state index in [-0.39, 0.29) is 36.8 Å². The highest BCUT2D eigenvalue weighted by Gasteiger charge is 2.17. The van der Waals surface area contributed by atoms with E-state index in [9.17, 15) is 4.79 Å². The first-order valence-corrected chi connectivity index (χ1v) is 5.76. The van der Waals surface area contributed by atoms with Crippen LogP contribution in [-0.2, 0) is 4.79 Å². The van der Waals surface area contributed by atoms with E-state index >= 15 is 0 Å². The Hall–Kier alpha value is -0.810. The second kappa shape index (κ2) is 10.0. The standard InChI is InChI=1S/C13H21N3O.2ClH/c1-10(14)13(17)15-12(9-16(2)3)11-7-5-4-6-8-11;;/h4-8,10,12H,9,14H2,1-3H3,(H,15,17);2*1H/t10-,12?;;/m1../s1. The van der Waals surface area contributed by atoms with Gasteiger partial charge in [0.05, 0.1) is 12.1 Å². The van der Waals surface area contributed by atoms with Gasteiger partial charge in [0.25, 0.3) is 0 Å². The lowest BCUT2D eigenvalue weighted by molar-refractivity contribution is -0.122. The number of carbonyl (C=O) groups is 1. The summed E-state index contributed by atoms with van der Waals surface area (Å²) in [6, 6.07) is 9.41. The number of nitrogens with two attached hydrogens (primary N) is 1. The van der Waals surface area contributed by atoms with Gasteiger partial charge in [-0.25, -0.2) is 0 Å². The second-order valence-electron chi connectivity index (χ2n) is 4.52. The first-order valence-electron chi connectivity index (χ1n) is 5.76. The van der Waals surface area contributed by atoms with Crippen molar-refractivity contribution in [3.05, 3.63) is 35.9 Å². The lowest BCUT2D eigenvalue weighted by Crippen LogP contribution is -2.43. The molecule has 0 saturated heterocycles. The number of rotatable bonds is 5. The quantitative estimate of drug-likeness (QED) is 0.868. The number of hydrogen-bond acceptors (Lipinski definition) is 3. The molecule has 4 nitrogen and oxygen atoms in total. The molecule has 1 rings (SSSR count). The van der Waals surface area contributed by atoms with Gasteiger partial charge in [0.1, 0.15) is 0 Å². The number of hydrogen-bond donors (Lipinski definition) is 2. The van der Waals surface area contributed by atoms with Gasteiger partial charge >= 0.3 is 0 Å². The molecular formula is C13H23Cl2N3O. The normalized spacial score (nSPS) is 12.9. The highest BCUT2D eigenvalue weighted by Crippen LogP contribution is 2.13. The Labute approximate surface area is 127 Å². The minimum absolute atomic E-state index is 0. The Bertz CT molecular complexity index is 358. The summed E-state index contributed by atoms with van der Waals surface area (Å²) < 4.78 is 0. The summed E-state index contributed by atoms with van der Waals surface area (Å²) in [4.78, 5) is 13.7. The number of nitrogens with zero attached hydrogens (tertiary/aromatic N) is 1. The Morgan fingerprint density at radius 3 is 2.21 bits per heavy atom. The summed E-state index contributed by atoms with van der Waals surface area (Å²) in [6.45, 7) is 2.44. The van der Waals surface area contributed by atoms with Crippen molar-refractivity contribution in [3.63, 3.8) is 0 Å². The molecule has 0 bridgehead atoms. The van der Waals surface area contributed by atoms with Crippen LogP contribution in [0.1, 0.15) is 18.5 Å². The molecule has 0 heterocycles. The van der Waals surface area contributed by atoms with E-state index < -0.39 is 6.04 Å². The molecule has 0 aromatic heterocycles. The van der Waals surface area contributed by atoms with E-state index in [1.807, 2.05) is 49.3 Å². The minimum atomic E-state index is -0.483. The SMILES string of the molecule is C[C@@H](N)C(=O)NC(CN(C)C)c1ccccc1.Cl.Cl. The van der Waals surface area contributed by atoms with Gasteiger partial charge < -0.3 is 16.0 Å². The van der Waals surface area contributed by atoms with Crippen molar-refractivity contribution in [1.29, 1.82) is 0 Å². The maximum atomic E-state index is 11.7. The maximum absolute atomic E-state index is 11.7. The third-order valence-corrected chi connectivity index (χ3v) is 2.48. The number of likely N-dealkylation sites (N-methyl/N-ethyl adjacent to an activating group) is 1. The van der Waals surface area contributed by atoms with Gasteiger partial charge in [-0.15, -0.1) is 24.8 Å². The lowest BCUT2D eigenvalue weighted by atomic mass is 10.1. The fraction of sp³-hybridized carbons (Fsp3) is 0.462. The number of benzene rings is 1. The van der Waals surface area contributed by atoms with Crippen LogP contribution < -0.4 is 11.1 Å². The van der Waals surface area contributed by atoms with Crippen LogP contribution in [0.25, 0.3) is 0 Å². The Balaban J connectivity index is 0. The molecule has 1 aromatic rings. The molecule has 1 unspecified atom stereocenters. The van der Waals surface area contributed by atoms with Gasteiger partial charge in [0, 0.05) is 6.54 Å². The van der Waals surface area contributed by atoms with Crippen LogP contribution in [0.4, 0.5) is 0 Å². The predicted octanol–water partition coefficient (Wildman–Crippen LogP) is 1.60. The number of carbonyl (C=O) groups excluding carboxylic acids is 1. The zero-order chi connectivity index (χ0) is 12.8. The molecule has 0 saturated carbocycles. The van der Waals surface area contributed by atoms with Crippen LogP contribution in [0.2, 0.25) is 0 Å². The van der Waals surface area contributed by atoms with Gasteiger partial charge in [0.15, 0.2) is 0 Å². The number of amides is 1. The molecule has 0 radical (unpaired) electrons. The molecule has 0 aliphatic carbocycles. The molecule has 0 aliphatic heterocycles. The van der Waals surface area contributed by atoms with E-state index in [4.69, 9.17) is 5.73 Å². The number of halogens is 2. The largest absolute Gasteiger partial charge is 0.347 e. The molecule has 19 heavy (non-hydrogen) atoms. The van der Waals surface area contributed by atoms with Gasteiger partial charge in [-0.3, -0.25) is 4.79 Å². The first-order chi connectivity index (χ1) is 8.00. The van der Waals surface area contributed by atoms with E-state index in [0.29, 0.717) is 0 Å². The third-order valence-electron chi connectivity index (χ3n) is 2.48. The number of nitrogens with one attached hydrogen (secondary N) is 1. The fourth-order valence-electron chi connectivity index (χ4n) is 1.59. The Kier molecular flexibility index (Phi) is 10.8. The molecule has 1 amide bonds. The summed E-state index contributed by atoms with van der Waals surface area (Å²) in [5.41, 5.74) is 6.66. The third kappa shape index (κ3) is 7.38. The summed E-state index contributed by atoms with van der Waals surface area (Å²) in [7, 11) is 3.96. The summed E-state index contributed by atoms with van der Waals surface area (Å²) in [5.74, 6) is -0.124. The highest BCUT2D eigenvalue weighted by molar-refractivity contribution is 5.85. The maximum Gasteiger partial charge on any atom is 0.237 e. The van der Waals surface area contributed by atoms with Gasteiger partial charge in [-0.2, -0.15) is 0 Å². The van der Waals surface area contributed by atoms with Crippen molar-refractivity contribution >= 4 is 30.7 Å². The molecule has 110 valence electrons. The van der Waals surface area contributed by atoms with E-state index in [1.165, 1.54) is 0 Å². The average molecular weight is 308 g/mol. The zero-order valence-corrected chi connectivity index (χ0v) is 13.1.